The lowest BCUT2D eigenvalue weighted by Gasteiger charge is -2.08. The van der Waals surface area contributed by atoms with E-state index in [-0.39, 0.29) is 17.7 Å². The average molecular weight is 385 g/mol. The van der Waals surface area contributed by atoms with Crippen LogP contribution in [0.15, 0.2) is 77.9 Å². The van der Waals surface area contributed by atoms with Gasteiger partial charge in [-0.05, 0) is 55.7 Å². The SMILES string of the molecule is Cc1ccc(Cn2ccccc2=NC(=O)c2cccc(NC(=O)C3CC3)c2)cc1. The zero-order valence-electron chi connectivity index (χ0n) is 16.3. The summed E-state index contributed by atoms with van der Waals surface area (Å²) in [7, 11) is 0. The number of pyridine rings is 1. The van der Waals surface area contributed by atoms with Gasteiger partial charge in [-0.3, -0.25) is 9.59 Å². The zero-order chi connectivity index (χ0) is 20.2. The van der Waals surface area contributed by atoms with Crippen LogP contribution in [0.3, 0.4) is 0 Å². The molecule has 1 saturated carbocycles. The van der Waals surface area contributed by atoms with Crippen LogP contribution in [0.1, 0.15) is 34.3 Å². The van der Waals surface area contributed by atoms with Gasteiger partial charge in [-0.25, -0.2) is 0 Å². The molecule has 1 aliphatic carbocycles. The number of rotatable bonds is 5. The average Bonchev–Trinajstić information content (AvgIpc) is 3.57. The first-order valence-corrected chi connectivity index (χ1v) is 9.79. The number of carbonyl (C=O) groups excluding carboxylic acids is 2. The van der Waals surface area contributed by atoms with Gasteiger partial charge in [-0.2, -0.15) is 4.99 Å². The Hall–Kier alpha value is -3.47. The summed E-state index contributed by atoms with van der Waals surface area (Å²) in [5.74, 6) is -0.203. The van der Waals surface area contributed by atoms with Crippen molar-refractivity contribution in [3.8, 4) is 0 Å². The van der Waals surface area contributed by atoms with Crippen molar-refractivity contribution in [1.29, 1.82) is 0 Å². The molecule has 146 valence electrons. The van der Waals surface area contributed by atoms with Crippen LogP contribution < -0.4 is 10.8 Å². The molecule has 0 aliphatic heterocycles. The minimum atomic E-state index is -0.337. The molecule has 4 rings (SSSR count). The van der Waals surface area contributed by atoms with Gasteiger partial charge in [-0.15, -0.1) is 0 Å². The number of hydrogen-bond donors (Lipinski definition) is 1. The normalized spacial score (nSPS) is 13.9. The van der Waals surface area contributed by atoms with E-state index in [1.54, 1.807) is 24.3 Å². The van der Waals surface area contributed by atoms with Crippen molar-refractivity contribution in [2.75, 3.05) is 5.32 Å². The maximum atomic E-state index is 12.8. The minimum absolute atomic E-state index is 0.0190. The van der Waals surface area contributed by atoms with E-state index in [0.29, 0.717) is 23.3 Å². The third-order valence-electron chi connectivity index (χ3n) is 4.93. The van der Waals surface area contributed by atoms with Gasteiger partial charge in [0.2, 0.25) is 5.91 Å². The van der Waals surface area contributed by atoms with Gasteiger partial charge in [0, 0.05) is 29.9 Å². The molecule has 1 aliphatic rings. The fraction of sp³-hybridized carbons (Fsp3) is 0.208. The Morgan fingerprint density at radius 3 is 2.59 bits per heavy atom. The van der Waals surface area contributed by atoms with Gasteiger partial charge in [0.05, 0.1) is 0 Å². The van der Waals surface area contributed by atoms with E-state index in [9.17, 15) is 9.59 Å². The van der Waals surface area contributed by atoms with Crippen LogP contribution in [0.2, 0.25) is 0 Å². The number of nitrogens with zero attached hydrogens (tertiary/aromatic N) is 2. The van der Waals surface area contributed by atoms with E-state index >= 15 is 0 Å². The largest absolute Gasteiger partial charge is 0.328 e. The van der Waals surface area contributed by atoms with Gasteiger partial charge in [0.25, 0.3) is 5.91 Å². The van der Waals surface area contributed by atoms with Crippen molar-refractivity contribution in [3.63, 3.8) is 0 Å². The number of anilines is 1. The molecule has 0 saturated heterocycles. The van der Waals surface area contributed by atoms with Gasteiger partial charge >= 0.3 is 0 Å². The maximum absolute atomic E-state index is 12.8. The second-order valence-electron chi connectivity index (χ2n) is 7.43. The van der Waals surface area contributed by atoms with Crippen LogP contribution >= 0.6 is 0 Å². The number of hydrogen-bond acceptors (Lipinski definition) is 2. The van der Waals surface area contributed by atoms with E-state index in [0.717, 1.165) is 18.4 Å². The van der Waals surface area contributed by atoms with Crippen molar-refractivity contribution in [1.82, 2.24) is 4.57 Å². The highest BCUT2D eigenvalue weighted by Crippen LogP contribution is 2.30. The van der Waals surface area contributed by atoms with E-state index < -0.39 is 0 Å². The topological polar surface area (TPSA) is 63.5 Å². The summed E-state index contributed by atoms with van der Waals surface area (Å²) in [6, 6.07) is 20.9. The molecule has 2 amide bonds. The van der Waals surface area contributed by atoms with E-state index in [2.05, 4.69) is 41.5 Å². The summed E-state index contributed by atoms with van der Waals surface area (Å²) in [6.07, 6.45) is 3.79. The molecule has 0 bridgehead atoms. The molecule has 1 N–H and O–H groups in total. The van der Waals surface area contributed by atoms with Crippen LogP contribution in [0, 0.1) is 12.8 Å². The summed E-state index contributed by atoms with van der Waals surface area (Å²) in [6.45, 7) is 2.69. The molecule has 0 spiro atoms. The highest BCUT2D eigenvalue weighted by atomic mass is 16.2. The molecule has 1 fully saturated rings. The number of aryl methyl sites for hydroxylation is 1. The molecule has 3 aromatic rings. The highest BCUT2D eigenvalue weighted by Gasteiger charge is 2.29. The van der Waals surface area contributed by atoms with Crippen LogP contribution in [0.25, 0.3) is 0 Å². The van der Waals surface area contributed by atoms with Gasteiger partial charge in [0.15, 0.2) is 0 Å². The summed E-state index contributed by atoms with van der Waals surface area (Å²) in [4.78, 5) is 29.0. The molecule has 5 heteroatoms. The molecule has 0 radical (unpaired) electrons. The second kappa shape index (κ2) is 8.27. The van der Waals surface area contributed by atoms with Crippen LogP contribution in [-0.4, -0.2) is 16.4 Å². The minimum Gasteiger partial charge on any atom is -0.328 e. The zero-order valence-corrected chi connectivity index (χ0v) is 16.3. The van der Waals surface area contributed by atoms with Crippen molar-refractivity contribution in [2.45, 2.75) is 26.3 Å². The Morgan fingerprint density at radius 2 is 1.83 bits per heavy atom. The summed E-state index contributed by atoms with van der Waals surface area (Å²) < 4.78 is 1.95. The second-order valence-corrected chi connectivity index (χ2v) is 7.43. The molecule has 0 unspecified atom stereocenters. The first-order valence-electron chi connectivity index (χ1n) is 9.79. The standard InChI is InChI=1S/C24H23N3O2/c1-17-8-10-18(11-9-17)16-27-14-3-2-7-22(27)26-24(29)20-5-4-6-21(15-20)25-23(28)19-12-13-19/h2-11,14-15,19H,12-13,16H2,1H3,(H,25,28). The van der Waals surface area contributed by atoms with Crippen LogP contribution in [0.5, 0.6) is 0 Å². The van der Waals surface area contributed by atoms with E-state index in [1.807, 2.05) is 29.0 Å². The molecule has 29 heavy (non-hydrogen) atoms. The Morgan fingerprint density at radius 1 is 1.03 bits per heavy atom. The Balaban J connectivity index is 1.57. The molecule has 1 heterocycles. The molecule has 2 aromatic carbocycles. The highest BCUT2D eigenvalue weighted by molar-refractivity contribution is 5.98. The lowest BCUT2D eigenvalue weighted by Crippen LogP contribution is -2.22. The fourth-order valence-corrected chi connectivity index (χ4v) is 3.08. The maximum Gasteiger partial charge on any atom is 0.279 e. The number of nitrogens with one attached hydrogen (secondary N) is 1. The fourth-order valence-electron chi connectivity index (χ4n) is 3.08. The van der Waals surface area contributed by atoms with Crippen LogP contribution in [0.4, 0.5) is 5.69 Å². The van der Waals surface area contributed by atoms with Crippen LogP contribution in [-0.2, 0) is 11.3 Å². The van der Waals surface area contributed by atoms with Crippen molar-refractivity contribution < 1.29 is 9.59 Å². The predicted molar refractivity (Wildman–Crippen MR) is 112 cm³/mol. The lowest BCUT2D eigenvalue weighted by atomic mass is 10.1. The Kier molecular flexibility index (Phi) is 5.38. The van der Waals surface area contributed by atoms with Crippen molar-refractivity contribution in [2.24, 2.45) is 10.9 Å². The van der Waals surface area contributed by atoms with Gasteiger partial charge in [0.1, 0.15) is 5.49 Å². The smallest absolute Gasteiger partial charge is 0.279 e. The lowest BCUT2D eigenvalue weighted by molar-refractivity contribution is -0.117. The van der Waals surface area contributed by atoms with Gasteiger partial charge in [-0.1, -0.05) is 42.0 Å². The Bertz CT molecular complexity index is 1110. The summed E-state index contributed by atoms with van der Waals surface area (Å²) >= 11 is 0. The quantitative estimate of drug-likeness (QED) is 0.723. The third-order valence-corrected chi connectivity index (χ3v) is 4.93. The van der Waals surface area contributed by atoms with E-state index in [4.69, 9.17) is 0 Å². The first kappa shape index (κ1) is 18.9. The third kappa shape index (κ3) is 4.88. The molecular weight excluding hydrogens is 362 g/mol. The number of benzene rings is 2. The van der Waals surface area contributed by atoms with Crippen molar-refractivity contribution in [3.05, 3.63) is 95.1 Å². The molecule has 0 atom stereocenters. The molecule has 5 nitrogen and oxygen atoms in total. The predicted octanol–water partition coefficient (Wildman–Crippen LogP) is 3.93. The Labute approximate surface area is 169 Å². The molecule has 1 aromatic heterocycles. The van der Waals surface area contributed by atoms with Gasteiger partial charge < -0.3 is 9.88 Å². The summed E-state index contributed by atoms with van der Waals surface area (Å²) in [5, 5.41) is 2.87. The summed E-state index contributed by atoms with van der Waals surface area (Å²) in [5.41, 5.74) is 4.01. The van der Waals surface area contributed by atoms with Crippen molar-refractivity contribution >= 4 is 17.5 Å². The van der Waals surface area contributed by atoms with E-state index in [1.165, 1.54) is 5.56 Å². The number of aromatic nitrogens is 1. The number of amides is 2. The number of carbonyl (C=O) groups is 2. The molecular formula is C24H23N3O2. The monoisotopic (exact) mass is 385 g/mol. The first-order chi connectivity index (χ1) is 14.1.